The fraction of sp³-hybridized carbons (Fsp3) is 0.441. The van der Waals surface area contributed by atoms with Crippen LogP contribution in [0.15, 0.2) is 35.4 Å². The highest BCUT2D eigenvalue weighted by atomic mass is 35.5. The van der Waals surface area contributed by atoms with Gasteiger partial charge in [-0.15, -0.1) is 5.10 Å². The molecular weight excluding hydrogens is 705 g/mol. The molecule has 4 aromatic rings. The van der Waals surface area contributed by atoms with E-state index in [2.05, 4.69) is 38.4 Å². The van der Waals surface area contributed by atoms with Crippen LogP contribution in [0.3, 0.4) is 0 Å². The molecule has 2 aliphatic heterocycles. The minimum absolute atomic E-state index is 0.00418. The molecule has 1 aromatic carbocycles. The zero-order chi connectivity index (χ0) is 37.1. The molecule has 5 heterocycles. The van der Waals surface area contributed by atoms with Crippen LogP contribution in [-0.2, 0) is 23.9 Å². The van der Waals surface area contributed by atoms with Gasteiger partial charge in [-0.3, -0.25) is 14.4 Å². The third kappa shape index (κ3) is 6.46. The van der Waals surface area contributed by atoms with Crippen molar-refractivity contribution in [2.24, 2.45) is 11.8 Å². The van der Waals surface area contributed by atoms with Gasteiger partial charge in [0.15, 0.2) is 17.3 Å². The Labute approximate surface area is 300 Å². The number of halogens is 4. The number of amides is 2. The van der Waals surface area contributed by atoms with Crippen molar-refractivity contribution in [2.75, 3.05) is 56.5 Å². The lowest BCUT2D eigenvalue weighted by Crippen LogP contribution is -2.51. The van der Waals surface area contributed by atoms with Gasteiger partial charge in [-0.25, -0.2) is 9.97 Å². The van der Waals surface area contributed by atoms with Gasteiger partial charge in [0, 0.05) is 39.3 Å². The predicted octanol–water partition coefficient (Wildman–Crippen LogP) is 3.50. The molecule has 0 spiro atoms. The third-order valence-corrected chi connectivity index (χ3v) is 10.3. The van der Waals surface area contributed by atoms with E-state index in [0.717, 1.165) is 43.3 Å². The number of benzene rings is 1. The average Bonchev–Trinajstić information content (AvgIpc) is 3.81. The molecule has 2 unspecified atom stereocenters. The van der Waals surface area contributed by atoms with Crippen LogP contribution in [0.2, 0.25) is 5.02 Å². The monoisotopic (exact) mass is 740 g/mol. The van der Waals surface area contributed by atoms with E-state index in [1.807, 2.05) is 11.8 Å². The first-order valence-electron chi connectivity index (χ1n) is 16.9. The second-order valence-electron chi connectivity index (χ2n) is 13.4. The van der Waals surface area contributed by atoms with Crippen LogP contribution in [0, 0.1) is 18.8 Å². The highest BCUT2D eigenvalue weighted by molar-refractivity contribution is 6.33. The van der Waals surface area contributed by atoms with Crippen LogP contribution >= 0.6 is 11.6 Å². The molecule has 18 heteroatoms. The molecule has 2 N–H and O–H groups in total. The molecule has 0 bridgehead atoms. The number of likely N-dealkylation sites (tertiary alicyclic amines) is 1. The lowest BCUT2D eigenvalue weighted by Gasteiger charge is -2.36. The fourth-order valence-corrected chi connectivity index (χ4v) is 7.62. The second-order valence-corrected chi connectivity index (χ2v) is 13.8. The van der Waals surface area contributed by atoms with E-state index in [1.165, 1.54) is 15.7 Å². The summed E-state index contributed by atoms with van der Waals surface area (Å²) >= 11 is 6.14. The van der Waals surface area contributed by atoms with E-state index in [9.17, 15) is 32.7 Å². The molecule has 0 saturated carbocycles. The number of rotatable bonds is 7. The average molecular weight is 741 g/mol. The maximum atomic E-state index is 14.3. The van der Waals surface area contributed by atoms with E-state index in [1.54, 1.807) is 11.5 Å². The maximum Gasteiger partial charge on any atom is 0.416 e. The Morgan fingerprint density at radius 1 is 1.12 bits per heavy atom. The number of fused-ring (bicyclic) bond motifs is 2. The molecule has 14 nitrogen and oxygen atoms in total. The molecule has 52 heavy (non-hydrogen) atoms. The number of alkyl halides is 3. The van der Waals surface area contributed by atoms with Gasteiger partial charge in [0.05, 0.1) is 27.7 Å². The summed E-state index contributed by atoms with van der Waals surface area (Å²) in [5.41, 5.74) is 0.490. The highest BCUT2D eigenvalue weighted by Crippen LogP contribution is 2.40. The Balaban J connectivity index is 1.23. The van der Waals surface area contributed by atoms with Crippen molar-refractivity contribution >= 4 is 46.1 Å². The van der Waals surface area contributed by atoms with Gasteiger partial charge in [-0.05, 0) is 62.4 Å². The number of nitrogens with one attached hydrogen (secondary N) is 1. The van der Waals surface area contributed by atoms with Crippen LogP contribution in [0.4, 0.5) is 24.5 Å². The Kier molecular flexibility index (Phi) is 9.19. The summed E-state index contributed by atoms with van der Waals surface area (Å²) in [6.45, 7) is 5.83. The van der Waals surface area contributed by atoms with E-state index >= 15 is 0 Å². The molecule has 3 aromatic heterocycles. The number of aryl methyl sites for hydroxylation is 1. The molecule has 2 fully saturated rings. The normalized spacial score (nSPS) is 19.3. The summed E-state index contributed by atoms with van der Waals surface area (Å²) in [6.07, 6.45) is -0.178. The van der Waals surface area contributed by atoms with Crippen molar-refractivity contribution in [3.8, 4) is 5.75 Å². The molecular formula is C34H36ClF3N10O4. The van der Waals surface area contributed by atoms with Crippen molar-refractivity contribution in [2.45, 2.75) is 39.4 Å². The molecule has 2 saturated heterocycles. The van der Waals surface area contributed by atoms with Gasteiger partial charge in [0.1, 0.15) is 18.6 Å². The molecule has 274 valence electrons. The smallest absolute Gasteiger partial charge is 0.416 e. The molecule has 2 atom stereocenters. The lowest BCUT2D eigenvalue weighted by atomic mass is 10.00. The van der Waals surface area contributed by atoms with E-state index < -0.39 is 29.1 Å². The third-order valence-electron chi connectivity index (χ3n) is 9.98. The fourth-order valence-electron chi connectivity index (χ4n) is 7.40. The first-order chi connectivity index (χ1) is 24.7. The van der Waals surface area contributed by atoms with Crippen molar-refractivity contribution in [3.05, 3.63) is 74.4 Å². The first kappa shape index (κ1) is 35.4. The number of carbonyl (C=O) groups excluding carboxylic acids is 2. The Hall–Kier alpha value is -5.03. The van der Waals surface area contributed by atoms with Crippen LogP contribution < -0.4 is 15.8 Å². The van der Waals surface area contributed by atoms with Gasteiger partial charge in [0.2, 0.25) is 11.7 Å². The molecule has 2 amide bonds. The Morgan fingerprint density at radius 3 is 2.54 bits per heavy atom. The molecule has 3 aliphatic rings. The van der Waals surface area contributed by atoms with Crippen molar-refractivity contribution in [1.29, 1.82) is 0 Å². The van der Waals surface area contributed by atoms with Crippen LogP contribution in [-0.4, -0.2) is 102 Å². The minimum atomic E-state index is -4.61. The summed E-state index contributed by atoms with van der Waals surface area (Å²) in [4.78, 5) is 59.5. The highest BCUT2D eigenvalue weighted by Gasteiger charge is 2.37. The second kappa shape index (κ2) is 13.5. The number of hydrogen-bond acceptors (Lipinski definition) is 10. The lowest BCUT2D eigenvalue weighted by molar-refractivity contribution is -0.137. The summed E-state index contributed by atoms with van der Waals surface area (Å²) in [7, 11) is 2.08. The number of aromatic hydroxyl groups is 1. The Morgan fingerprint density at radius 2 is 1.87 bits per heavy atom. The van der Waals surface area contributed by atoms with E-state index in [-0.39, 0.29) is 66.3 Å². The van der Waals surface area contributed by atoms with Gasteiger partial charge >= 0.3 is 6.18 Å². The minimum Gasteiger partial charge on any atom is -0.504 e. The predicted molar refractivity (Wildman–Crippen MR) is 185 cm³/mol. The van der Waals surface area contributed by atoms with Crippen molar-refractivity contribution in [1.82, 2.24) is 38.9 Å². The summed E-state index contributed by atoms with van der Waals surface area (Å²) in [5, 5.41) is 17.4. The van der Waals surface area contributed by atoms with E-state index in [4.69, 9.17) is 16.6 Å². The number of piperazine rings is 1. The number of anilines is 2. The van der Waals surface area contributed by atoms with Gasteiger partial charge in [0.25, 0.3) is 11.5 Å². The zero-order valence-corrected chi connectivity index (χ0v) is 29.4. The van der Waals surface area contributed by atoms with Crippen LogP contribution in [0.25, 0.3) is 11.4 Å². The standard InChI is InChI=1S/C34H36ClF3N10O4/c1-4-25-28(45-7-9-46(10-8-45)31(51)27-29(50)18(2)39-17-40-27)32(52)48-33(42-30(43-48)19-11-20-14-44(3)15-21(20)12-19)47(25)16-26(49)41-24-6-5-22(13-23(24)35)34(36,37)38/h5-6,11,13,17,20-21,50H,4,7-10,12,14-16H2,1-3H3,(H,41,49). The molecule has 1 aliphatic carbocycles. The van der Waals surface area contributed by atoms with Gasteiger partial charge in [-0.1, -0.05) is 24.6 Å². The van der Waals surface area contributed by atoms with Crippen LogP contribution in [0.1, 0.15) is 46.6 Å². The topological polar surface area (TPSA) is 154 Å². The number of allylic oxidation sites excluding steroid dienone is 1. The largest absolute Gasteiger partial charge is 0.504 e. The maximum absolute atomic E-state index is 14.3. The molecule has 0 radical (unpaired) electrons. The zero-order valence-electron chi connectivity index (χ0n) is 28.6. The van der Waals surface area contributed by atoms with Gasteiger partial charge in [-0.2, -0.15) is 22.7 Å². The Bertz CT molecular complexity index is 2180. The van der Waals surface area contributed by atoms with Crippen molar-refractivity contribution < 1.29 is 27.9 Å². The quantitative estimate of drug-likeness (QED) is 0.288. The number of nitrogens with zero attached hydrogens (tertiary/aromatic N) is 9. The number of aromatic nitrogens is 6. The summed E-state index contributed by atoms with van der Waals surface area (Å²) in [6, 6.07) is 2.67. The number of hydrogen-bond donors (Lipinski definition) is 2. The summed E-state index contributed by atoms with van der Waals surface area (Å²) < 4.78 is 42.5. The first-order valence-corrected chi connectivity index (χ1v) is 17.2. The number of carbonyl (C=O) groups is 2. The SMILES string of the molecule is CCc1c(N2CCN(C(=O)c3ncnc(C)c3O)CC2)c(=O)n2nc(C3=CC4CN(C)CC4C3)nc2n1CC(=O)Nc1ccc(C(F)(F)F)cc1Cl. The van der Waals surface area contributed by atoms with Crippen LogP contribution in [0.5, 0.6) is 5.75 Å². The summed E-state index contributed by atoms with van der Waals surface area (Å²) in [5.74, 6) is -0.0619. The van der Waals surface area contributed by atoms with Crippen molar-refractivity contribution in [3.63, 3.8) is 0 Å². The van der Waals surface area contributed by atoms with E-state index in [0.29, 0.717) is 35.5 Å². The molecule has 7 rings (SSSR count). The van der Waals surface area contributed by atoms with Gasteiger partial charge < -0.3 is 29.7 Å².